The second kappa shape index (κ2) is 11.2. The average Bonchev–Trinajstić information content (AvgIpc) is 3.58. The lowest BCUT2D eigenvalue weighted by Gasteiger charge is -2.09. The lowest BCUT2D eigenvalue weighted by atomic mass is 10.1. The summed E-state index contributed by atoms with van der Waals surface area (Å²) in [7, 11) is 0. The van der Waals surface area contributed by atoms with Crippen LogP contribution in [-0.4, -0.2) is 42.4 Å². The van der Waals surface area contributed by atoms with Crippen molar-refractivity contribution in [2.75, 3.05) is 5.73 Å². The molecule has 2 heterocycles. The van der Waals surface area contributed by atoms with E-state index in [1.54, 1.807) is 36.4 Å². The Kier molecular flexibility index (Phi) is 7.17. The number of benzene rings is 3. The number of hydrazone groups is 1. The highest BCUT2D eigenvalue weighted by Crippen LogP contribution is 2.25. The molecule has 5 aromatic rings. The minimum absolute atomic E-state index is 0.0127. The van der Waals surface area contributed by atoms with E-state index >= 15 is 0 Å². The van der Waals surface area contributed by atoms with Gasteiger partial charge in [-0.15, -0.1) is 5.10 Å². The van der Waals surface area contributed by atoms with Gasteiger partial charge < -0.3 is 10.5 Å². The van der Waals surface area contributed by atoms with Crippen molar-refractivity contribution >= 4 is 23.6 Å². The van der Waals surface area contributed by atoms with Crippen molar-refractivity contribution in [1.29, 1.82) is 0 Å². The summed E-state index contributed by atoms with van der Waals surface area (Å²) in [5.74, 6) is -1.16. The molecule has 40 heavy (non-hydrogen) atoms. The Balaban J connectivity index is 1.43. The van der Waals surface area contributed by atoms with Gasteiger partial charge in [-0.2, -0.15) is 9.78 Å². The SMILES string of the molecule is Nc1nonc1-n1nnc(-c2ccccc2)c1C(=O)N/N=C/c1cc([N+](=O)[O-])ccc1OCc1cccc(F)c1. The summed E-state index contributed by atoms with van der Waals surface area (Å²) in [6, 6.07) is 18.4. The zero-order chi connectivity index (χ0) is 28.1. The molecule has 0 fully saturated rings. The second-order valence-corrected chi connectivity index (χ2v) is 8.13. The molecule has 14 nitrogen and oxygen atoms in total. The summed E-state index contributed by atoms with van der Waals surface area (Å²) >= 11 is 0. The van der Waals surface area contributed by atoms with E-state index in [1.165, 1.54) is 42.6 Å². The molecule has 0 aliphatic carbocycles. The van der Waals surface area contributed by atoms with Crippen LogP contribution in [0.15, 0.2) is 82.5 Å². The number of nitrogen functional groups attached to an aromatic ring is 1. The fourth-order valence-corrected chi connectivity index (χ4v) is 3.65. The predicted octanol–water partition coefficient (Wildman–Crippen LogP) is 3.29. The molecule has 0 saturated heterocycles. The summed E-state index contributed by atoms with van der Waals surface area (Å²) in [6.07, 6.45) is 1.17. The third-order valence-electron chi connectivity index (χ3n) is 5.49. The molecule has 0 saturated carbocycles. The molecule has 2 aromatic heterocycles. The van der Waals surface area contributed by atoms with E-state index in [9.17, 15) is 19.3 Å². The van der Waals surface area contributed by atoms with Crippen LogP contribution in [0.25, 0.3) is 17.1 Å². The van der Waals surface area contributed by atoms with E-state index in [4.69, 9.17) is 10.5 Å². The van der Waals surface area contributed by atoms with Gasteiger partial charge >= 0.3 is 0 Å². The molecule has 0 spiro atoms. The van der Waals surface area contributed by atoms with Gasteiger partial charge in [-0.1, -0.05) is 47.7 Å². The van der Waals surface area contributed by atoms with E-state index in [0.717, 1.165) is 4.68 Å². The van der Waals surface area contributed by atoms with Gasteiger partial charge in [0.25, 0.3) is 11.6 Å². The number of nitrogens with zero attached hydrogens (tertiary/aromatic N) is 7. The Morgan fingerprint density at radius 1 is 1.15 bits per heavy atom. The highest BCUT2D eigenvalue weighted by Gasteiger charge is 2.26. The molecule has 0 bridgehead atoms. The van der Waals surface area contributed by atoms with Crippen LogP contribution in [-0.2, 0) is 6.61 Å². The number of non-ortho nitro benzene ring substituents is 1. The van der Waals surface area contributed by atoms with Crippen molar-refractivity contribution in [3.63, 3.8) is 0 Å². The molecule has 0 atom stereocenters. The van der Waals surface area contributed by atoms with Gasteiger partial charge in [-0.3, -0.25) is 14.9 Å². The number of ether oxygens (including phenoxy) is 1. The number of nitrogens with one attached hydrogen (secondary N) is 1. The lowest BCUT2D eigenvalue weighted by Crippen LogP contribution is -2.22. The number of carbonyl (C=O) groups excluding carboxylic acids is 1. The molecular formula is C25H18FN9O5. The fourth-order valence-electron chi connectivity index (χ4n) is 3.65. The number of aromatic nitrogens is 5. The number of hydrogen-bond donors (Lipinski definition) is 2. The van der Waals surface area contributed by atoms with Crippen LogP contribution in [0.1, 0.15) is 21.6 Å². The molecule has 200 valence electrons. The third-order valence-corrected chi connectivity index (χ3v) is 5.49. The minimum atomic E-state index is -0.754. The highest BCUT2D eigenvalue weighted by atomic mass is 19.1. The maximum atomic E-state index is 13.5. The van der Waals surface area contributed by atoms with E-state index < -0.39 is 16.6 Å². The molecule has 1 amide bonds. The van der Waals surface area contributed by atoms with E-state index in [-0.39, 0.29) is 46.6 Å². The van der Waals surface area contributed by atoms with Crippen molar-refractivity contribution in [1.82, 2.24) is 30.7 Å². The van der Waals surface area contributed by atoms with E-state index in [1.807, 2.05) is 0 Å². The Morgan fingerprint density at radius 2 is 1.98 bits per heavy atom. The van der Waals surface area contributed by atoms with Crippen LogP contribution in [0.3, 0.4) is 0 Å². The fraction of sp³-hybridized carbons (Fsp3) is 0.0400. The Hall–Kier alpha value is -5.99. The number of nitrogens with two attached hydrogens (primary N) is 1. The largest absolute Gasteiger partial charge is 0.488 e. The van der Waals surface area contributed by atoms with Crippen LogP contribution < -0.4 is 15.9 Å². The number of halogens is 1. The standard InChI is InChI=1S/C25H18FN9O5/c26-18-8-4-5-15(11-18)14-39-20-10-9-19(35(37)38)12-17(20)13-28-30-25(36)22-21(16-6-2-1-3-7-16)29-33-34(22)24-23(27)31-40-32-24/h1-13H,14H2,(H2,27,31)(H,30,36)/b28-13+. The first kappa shape index (κ1) is 25.7. The first-order chi connectivity index (χ1) is 19.4. The molecule has 0 radical (unpaired) electrons. The zero-order valence-electron chi connectivity index (χ0n) is 20.3. The number of nitro benzene ring substituents is 1. The smallest absolute Gasteiger partial charge is 0.292 e. The summed E-state index contributed by atoms with van der Waals surface area (Å²) in [5, 5.41) is 30.5. The number of carbonyl (C=O) groups is 1. The van der Waals surface area contributed by atoms with Crippen LogP contribution >= 0.6 is 0 Å². The van der Waals surface area contributed by atoms with Crippen molar-refractivity contribution in [3.05, 3.63) is 106 Å². The number of nitro groups is 1. The molecule has 0 aliphatic rings. The minimum Gasteiger partial charge on any atom is -0.488 e. The van der Waals surface area contributed by atoms with Crippen molar-refractivity contribution in [2.45, 2.75) is 6.61 Å². The average molecular weight is 543 g/mol. The predicted molar refractivity (Wildman–Crippen MR) is 138 cm³/mol. The Morgan fingerprint density at radius 3 is 2.70 bits per heavy atom. The van der Waals surface area contributed by atoms with E-state index in [0.29, 0.717) is 11.1 Å². The summed E-state index contributed by atoms with van der Waals surface area (Å²) < 4.78 is 25.0. The number of rotatable bonds is 9. The Bertz CT molecular complexity index is 1720. The quantitative estimate of drug-likeness (QED) is 0.158. The Labute approximate surface area is 224 Å². The molecule has 0 unspecified atom stereocenters. The first-order valence-electron chi connectivity index (χ1n) is 11.5. The van der Waals surface area contributed by atoms with Crippen LogP contribution in [0, 0.1) is 15.9 Å². The van der Waals surface area contributed by atoms with Crippen LogP contribution in [0.4, 0.5) is 15.9 Å². The highest BCUT2D eigenvalue weighted by molar-refractivity contribution is 5.99. The lowest BCUT2D eigenvalue weighted by molar-refractivity contribution is -0.384. The topological polar surface area (TPSA) is 189 Å². The number of hydrogen-bond acceptors (Lipinski definition) is 11. The molecule has 3 aromatic carbocycles. The molecule has 15 heteroatoms. The summed E-state index contributed by atoms with van der Waals surface area (Å²) in [4.78, 5) is 24.0. The first-order valence-corrected chi connectivity index (χ1v) is 11.5. The summed E-state index contributed by atoms with van der Waals surface area (Å²) in [6.45, 7) is -0.0127. The maximum Gasteiger partial charge on any atom is 0.292 e. The van der Waals surface area contributed by atoms with Crippen molar-refractivity contribution in [3.8, 4) is 22.8 Å². The van der Waals surface area contributed by atoms with E-state index in [2.05, 4.69) is 35.8 Å². The maximum absolute atomic E-state index is 13.5. The normalized spacial score (nSPS) is 11.0. The van der Waals surface area contributed by atoms with Crippen LogP contribution in [0.5, 0.6) is 5.75 Å². The molecule has 5 rings (SSSR count). The van der Waals surface area contributed by atoms with Gasteiger partial charge in [0, 0.05) is 23.3 Å². The van der Waals surface area contributed by atoms with Gasteiger partial charge in [-0.25, -0.2) is 14.4 Å². The van der Waals surface area contributed by atoms with Gasteiger partial charge in [-0.05, 0) is 34.1 Å². The number of anilines is 1. The monoisotopic (exact) mass is 543 g/mol. The van der Waals surface area contributed by atoms with Gasteiger partial charge in [0.05, 0.1) is 11.1 Å². The van der Waals surface area contributed by atoms with Crippen molar-refractivity contribution in [2.24, 2.45) is 5.10 Å². The van der Waals surface area contributed by atoms with Gasteiger partial charge in [0.2, 0.25) is 11.6 Å². The molecule has 0 aliphatic heterocycles. The van der Waals surface area contributed by atoms with Crippen molar-refractivity contribution < 1.29 is 23.5 Å². The van der Waals surface area contributed by atoms with Crippen LogP contribution in [0.2, 0.25) is 0 Å². The van der Waals surface area contributed by atoms with Gasteiger partial charge in [0.1, 0.15) is 23.9 Å². The summed E-state index contributed by atoms with van der Waals surface area (Å²) in [5.41, 5.74) is 9.35. The number of amides is 1. The van der Waals surface area contributed by atoms with Gasteiger partial charge in [0.15, 0.2) is 5.69 Å². The zero-order valence-corrected chi connectivity index (χ0v) is 20.3. The second-order valence-electron chi connectivity index (χ2n) is 8.13. The third kappa shape index (κ3) is 5.47. The molecular weight excluding hydrogens is 525 g/mol. The molecule has 3 N–H and O–H groups in total.